The molecule has 186 valence electrons. The molecule has 6 aromatic carbocycles. The Morgan fingerprint density at radius 3 is 1.88 bits per heavy atom. The third-order valence-electron chi connectivity index (χ3n) is 9.83. The second kappa shape index (κ2) is 6.94. The third kappa shape index (κ3) is 2.27. The summed E-state index contributed by atoms with van der Waals surface area (Å²) >= 11 is 0. The summed E-state index contributed by atoms with van der Waals surface area (Å²) in [6.45, 7) is 0.210. The Balaban J connectivity index is 1.36. The first-order valence-corrected chi connectivity index (χ1v) is 14.4. The Hall–Kier alpha value is -5.15. The molecule has 41 heavy (non-hydrogen) atoms. The van der Waals surface area contributed by atoms with Crippen molar-refractivity contribution in [3.8, 4) is 33.8 Å². The summed E-state index contributed by atoms with van der Waals surface area (Å²) in [4.78, 5) is 5.11. The van der Waals surface area contributed by atoms with Crippen LogP contribution >= 0.6 is 0 Å². The minimum Gasteiger partial charge on any atom is -0.458 e. The van der Waals surface area contributed by atoms with Crippen molar-refractivity contribution in [1.82, 2.24) is 0 Å². The second-order valence-corrected chi connectivity index (χ2v) is 11.6. The van der Waals surface area contributed by atoms with Crippen molar-refractivity contribution in [2.75, 3.05) is 9.71 Å². The van der Waals surface area contributed by atoms with Gasteiger partial charge < -0.3 is 14.4 Å². The third-order valence-corrected chi connectivity index (χ3v) is 9.83. The largest absolute Gasteiger partial charge is 0.458 e. The summed E-state index contributed by atoms with van der Waals surface area (Å²) < 4.78 is 6.79. The van der Waals surface area contributed by atoms with Crippen LogP contribution in [-0.2, 0) is 0 Å². The van der Waals surface area contributed by atoms with Crippen molar-refractivity contribution in [2.24, 2.45) is 0 Å². The van der Waals surface area contributed by atoms with Crippen molar-refractivity contribution in [1.29, 1.82) is 0 Å². The summed E-state index contributed by atoms with van der Waals surface area (Å²) in [5.41, 5.74) is 18.2. The van der Waals surface area contributed by atoms with Crippen LogP contribution in [0, 0.1) is 0 Å². The van der Waals surface area contributed by atoms with Gasteiger partial charge in [0.15, 0.2) is 0 Å². The zero-order chi connectivity index (χ0) is 26.4. The van der Waals surface area contributed by atoms with Crippen LogP contribution < -0.4 is 41.8 Å². The number of hydrogen-bond donors (Lipinski definition) is 0. The molecular formula is C36H20B2N2O. The summed E-state index contributed by atoms with van der Waals surface area (Å²) in [5, 5.41) is 0. The highest BCUT2D eigenvalue weighted by Crippen LogP contribution is 2.53. The number of anilines is 5. The molecule has 0 N–H and O–H groups in total. The Morgan fingerprint density at radius 2 is 1.10 bits per heavy atom. The van der Waals surface area contributed by atoms with E-state index in [0.717, 1.165) is 17.2 Å². The van der Waals surface area contributed by atoms with Gasteiger partial charge in [0.25, 0.3) is 6.71 Å². The van der Waals surface area contributed by atoms with E-state index in [1.807, 2.05) is 0 Å². The van der Waals surface area contributed by atoms with Gasteiger partial charge in [-0.2, -0.15) is 0 Å². The van der Waals surface area contributed by atoms with Gasteiger partial charge in [0.05, 0.1) is 0 Å². The molecule has 0 saturated heterocycles. The van der Waals surface area contributed by atoms with Crippen molar-refractivity contribution in [3.05, 3.63) is 121 Å². The lowest BCUT2D eigenvalue weighted by molar-refractivity contribution is 0.487. The van der Waals surface area contributed by atoms with Crippen LogP contribution in [0.4, 0.5) is 28.4 Å². The Labute approximate surface area is 238 Å². The summed E-state index contributed by atoms with van der Waals surface area (Å²) in [7, 11) is 0. The van der Waals surface area contributed by atoms with Gasteiger partial charge in [0, 0.05) is 39.6 Å². The van der Waals surface area contributed by atoms with Crippen LogP contribution in [0.15, 0.2) is 121 Å². The first-order valence-electron chi connectivity index (χ1n) is 14.4. The summed E-state index contributed by atoms with van der Waals surface area (Å²) in [6.07, 6.45) is 0. The number of nitrogens with zero attached hydrogens (tertiary/aromatic N) is 2. The lowest BCUT2D eigenvalue weighted by atomic mass is 9.30. The minimum absolute atomic E-state index is 0.102. The van der Waals surface area contributed by atoms with Gasteiger partial charge in [-0.25, -0.2) is 0 Å². The highest BCUT2D eigenvalue weighted by atomic mass is 16.5. The first-order chi connectivity index (χ1) is 20.4. The molecule has 0 atom stereocenters. The molecule has 0 radical (unpaired) electrons. The standard InChI is InChI=1S/C36H20B2N2O/c1-2-9-21(10-3-1)39-28-15-8-16-30-32(28)37-33-29(39)19-17-24-22-11-4-6-13-26(22)38-27-14-7-5-12-23(27)25-18-20-31(41-30)34(37)36(25)40(38)35(24)33/h1-20H. The van der Waals surface area contributed by atoms with Crippen LogP contribution in [0.1, 0.15) is 0 Å². The van der Waals surface area contributed by atoms with Gasteiger partial charge in [-0.05, 0) is 80.9 Å². The van der Waals surface area contributed by atoms with Gasteiger partial charge in [-0.1, -0.05) is 78.9 Å². The van der Waals surface area contributed by atoms with E-state index in [4.69, 9.17) is 4.74 Å². The van der Waals surface area contributed by atoms with Gasteiger partial charge in [0.1, 0.15) is 11.5 Å². The Morgan fingerprint density at radius 1 is 0.463 bits per heavy atom. The molecule has 0 fully saturated rings. The number of ether oxygens (including phenoxy) is 1. The molecule has 5 heterocycles. The molecular weight excluding hydrogens is 498 g/mol. The number of rotatable bonds is 1. The van der Waals surface area contributed by atoms with E-state index in [0.29, 0.717) is 0 Å². The van der Waals surface area contributed by atoms with Gasteiger partial charge in [-0.3, -0.25) is 0 Å². The highest BCUT2D eigenvalue weighted by Gasteiger charge is 2.54. The lowest BCUT2D eigenvalue weighted by Gasteiger charge is -2.52. The fraction of sp³-hybridized carbons (Fsp3) is 0. The van der Waals surface area contributed by atoms with Gasteiger partial charge >= 0.3 is 6.85 Å². The molecule has 5 heteroatoms. The number of fused-ring (bicyclic) bond motifs is 6. The van der Waals surface area contributed by atoms with Gasteiger partial charge in [0.2, 0.25) is 0 Å². The SMILES string of the molecule is c1ccc(N2c3cccc4c3B3c5c(ccc6c5N5B(c7ccccc7-6)c6ccccc6-c6ccc2c3c65)O4)cc1. The topological polar surface area (TPSA) is 15.7 Å². The number of para-hydroxylation sites is 1. The van der Waals surface area contributed by atoms with Crippen molar-refractivity contribution in [3.63, 3.8) is 0 Å². The van der Waals surface area contributed by atoms with Crippen molar-refractivity contribution >= 4 is 69.3 Å². The van der Waals surface area contributed by atoms with E-state index in [1.165, 1.54) is 72.3 Å². The quantitative estimate of drug-likeness (QED) is 0.274. The first kappa shape index (κ1) is 20.7. The molecule has 5 aliphatic heterocycles. The molecule has 0 amide bonds. The van der Waals surface area contributed by atoms with Crippen molar-refractivity contribution in [2.45, 2.75) is 0 Å². The van der Waals surface area contributed by atoms with E-state index >= 15 is 0 Å². The van der Waals surface area contributed by atoms with Crippen LogP contribution in [0.3, 0.4) is 0 Å². The zero-order valence-electron chi connectivity index (χ0n) is 22.0. The van der Waals surface area contributed by atoms with E-state index in [9.17, 15) is 0 Å². The molecule has 0 aromatic heterocycles. The predicted octanol–water partition coefficient (Wildman–Crippen LogP) is 5.31. The maximum absolute atomic E-state index is 6.79. The summed E-state index contributed by atoms with van der Waals surface area (Å²) in [6, 6.07) is 44.5. The monoisotopic (exact) mass is 518 g/mol. The summed E-state index contributed by atoms with van der Waals surface area (Å²) in [5.74, 6) is 1.94. The van der Waals surface area contributed by atoms with Crippen LogP contribution in [0.2, 0.25) is 0 Å². The molecule has 11 rings (SSSR count). The highest BCUT2D eigenvalue weighted by molar-refractivity contribution is 7.04. The second-order valence-electron chi connectivity index (χ2n) is 11.6. The molecule has 5 aliphatic rings. The van der Waals surface area contributed by atoms with E-state index in [2.05, 4.69) is 131 Å². The van der Waals surface area contributed by atoms with Crippen LogP contribution in [0.5, 0.6) is 11.5 Å². The van der Waals surface area contributed by atoms with Crippen molar-refractivity contribution < 1.29 is 4.74 Å². The average Bonchev–Trinajstić information content (AvgIpc) is 3.04. The zero-order valence-corrected chi connectivity index (χ0v) is 22.0. The Bertz CT molecular complexity index is 2180. The molecule has 0 spiro atoms. The lowest BCUT2D eigenvalue weighted by Crippen LogP contribution is -2.70. The smallest absolute Gasteiger partial charge is 0.329 e. The van der Waals surface area contributed by atoms with Crippen LogP contribution in [-0.4, -0.2) is 13.6 Å². The maximum atomic E-state index is 6.79. The molecule has 3 nitrogen and oxygen atoms in total. The molecule has 0 unspecified atom stereocenters. The molecule has 0 bridgehead atoms. The molecule has 6 aromatic rings. The fourth-order valence-corrected chi connectivity index (χ4v) is 8.41. The fourth-order valence-electron chi connectivity index (χ4n) is 8.41. The molecule has 0 saturated carbocycles. The number of hydrogen-bond acceptors (Lipinski definition) is 3. The van der Waals surface area contributed by atoms with E-state index < -0.39 is 0 Å². The molecule has 0 aliphatic carbocycles. The maximum Gasteiger partial charge on any atom is 0.329 e. The van der Waals surface area contributed by atoms with Gasteiger partial charge in [-0.15, -0.1) is 0 Å². The normalized spacial score (nSPS) is 14.8. The average molecular weight is 518 g/mol. The number of benzene rings is 6. The van der Waals surface area contributed by atoms with Crippen LogP contribution in [0.25, 0.3) is 22.3 Å². The minimum atomic E-state index is 0.102. The van der Waals surface area contributed by atoms with E-state index in [-0.39, 0.29) is 13.6 Å². The predicted molar refractivity (Wildman–Crippen MR) is 170 cm³/mol. The van der Waals surface area contributed by atoms with E-state index in [1.54, 1.807) is 0 Å². The Kier molecular flexibility index (Phi) is 3.51.